The van der Waals surface area contributed by atoms with E-state index >= 15 is 0 Å². The van der Waals surface area contributed by atoms with Crippen LogP contribution in [0.4, 0.5) is 0 Å². The van der Waals surface area contributed by atoms with Crippen molar-refractivity contribution >= 4 is 34.7 Å². The molecule has 5 heavy (non-hydrogen) atoms. The van der Waals surface area contributed by atoms with Gasteiger partial charge in [0.15, 0.2) is 34.7 Å². The molecule has 0 heterocycles. The highest BCUT2D eigenvalue weighted by Crippen LogP contribution is -0.287. The summed E-state index contributed by atoms with van der Waals surface area (Å²) in [5.41, 5.74) is 0. The maximum atomic E-state index is 0. The van der Waals surface area contributed by atoms with Gasteiger partial charge in [0.05, 0.1) is 0 Å². The Bertz CT molecular complexity index is 4.85. The summed E-state index contributed by atoms with van der Waals surface area (Å²) in [7, 11) is 0. The lowest BCUT2D eigenvalue weighted by atomic mass is 16.0. The van der Waals surface area contributed by atoms with Crippen molar-refractivity contribution in [3.05, 3.63) is 0 Å². The summed E-state index contributed by atoms with van der Waals surface area (Å²) in [6.45, 7) is 0. The number of hydrogen-bond donors (Lipinski definition) is 0. The molecule has 0 aromatic rings. The van der Waals surface area contributed by atoms with Crippen molar-refractivity contribution in [2.45, 2.75) is 0 Å². The Morgan fingerprint density at radius 1 is 0.400 bits per heavy atom. The molecule has 0 saturated heterocycles. The second kappa shape index (κ2) is 86.2. The molecule has 0 bridgehead atoms. The van der Waals surface area contributed by atoms with E-state index in [-0.39, 0.29) is 51.2 Å². The van der Waals surface area contributed by atoms with Crippen LogP contribution in [-0.4, -0.2) is 51.2 Å². The highest BCUT2D eigenvalue weighted by molar-refractivity contribution is 5.76. The van der Waals surface area contributed by atoms with E-state index < -0.39 is 0 Å². The highest BCUT2D eigenvalue weighted by Gasteiger charge is 0.188. The third-order valence-corrected chi connectivity index (χ3v) is 0. The molecule has 0 spiro atoms. The van der Waals surface area contributed by atoms with Gasteiger partial charge >= 0.3 is 0 Å². The molecule has 0 aromatic heterocycles. The predicted octanol–water partition coefficient (Wildman–Crippen LogP) is -4.84. The lowest BCUT2D eigenvalue weighted by molar-refractivity contribution is 0.823. The molecule has 0 rings (SSSR count). The van der Waals surface area contributed by atoms with Gasteiger partial charge in [0, 0.05) is 0 Å². The van der Waals surface area contributed by atoms with Crippen molar-refractivity contribution in [2.75, 3.05) is 0 Å². The fourth-order valence-electron chi connectivity index (χ4n) is 0. The summed E-state index contributed by atoms with van der Waals surface area (Å²) < 4.78 is 0. The van der Waals surface area contributed by atoms with Crippen LogP contribution in [0, 0.1) is 0 Å². The van der Waals surface area contributed by atoms with Gasteiger partial charge in [-0.15, -0.1) is 0 Å². The monoisotopic (exact) mass is 114 g/mol. The van der Waals surface area contributed by atoms with E-state index in [9.17, 15) is 0 Å². The average molecular weight is 114 g/mol. The minimum absolute atomic E-state index is 0. The summed E-state index contributed by atoms with van der Waals surface area (Å²) in [6.07, 6.45) is 0. The van der Waals surface area contributed by atoms with Gasteiger partial charge in [-0.2, -0.15) is 0 Å². The Morgan fingerprint density at radius 3 is 0.400 bits per heavy atom. The highest BCUT2D eigenvalue weighted by atomic mass is 27.0. The topological polar surface area (TPSA) is 94.5 Å². The molecular weight excluding hydrogens is 102 g/mol. The van der Waals surface area contributed by atoms with Crippen LogP contribution in [-0.2, 0) is 0 Å². The predicted molar refractivity (Wildman–Crippen MR) is 30.7 cm³/mol. The Morgan fingerprint density at radius 2 is 0.400 bits per heavy atom. The van der Waals surface area contributed by atoms with Crippen LogP contribution in [0.5, 0.6) is 0 Å². The van der Waals surface area contributed by atoms with Gasteiger partial charge in [0.25, 0.3) is 0 Å². The van der Waals surface area contributed by atoms with Crippen LogP contribution in [0.2, 0.25) is 0 Å². The quantitative estimate of drug-likeness (QED) is 0.282. The van der Waals surface area contributed by atoms with Gasteiger partial charge in [-0.05, 0) is 0 Å². The van der Waals surface area contributed by atoms with Crippen LogP contribution < -0.4 is 0 Å². The molecule has 0 radical (unpaired) electrons. The zero-order chi connectivity index (χ0) is 0. The zero-order valence-electron chi connectivity index (χ0n) is 1.50. The first kappa shape index (κ1) is 163. The van der Waals surface area contributed by atoms with Crippen LogP contribution in [0.3, 0.4) is 0 Å². The van der Waals surface area contributed by atoms with Crippen molar-refractivity contribution in [1.29, 1.82) is 0 Å². The molecule has 0 aliphatic carbocycles. The minimum Gasteiger partial charge on any atom is -0.412 e. The molecule has 0 saturated carbocycles. The van der Waals surface area contributed by atoms with Crippen LogP contribution in [0.25, 0.3) is 0 Å². The molecule has 0 amide bonds. The number of hydrogen-bond acceptors (Lipinski definition) is 0. The van der Waals surface area contributed by atoms with Crippen molar-refractivity contribution in [3.63, 3.8) is 0 Å². The zero-order valence-corrected chi connectivity index (χ0v) is 1.50. The van der Waals surface area contributed by atoms with Gasteiger partial charge in [-0.25, -0.2) is 0 Å². The molecule has 0 aromatic carbocycles. The van der Waals surface area contributed by atoms with Gasteiger partial charge in [0.1, 0.15) is 0 Å². The first-order valence-electron chi connectivity index (χ1n) is 0. The lowest BCUT2D eigenvalue weighted by Crippen LogP contribution is -0.382. The van der Waals surface area contributed by atoms with E-state index in [1.165, 1.54) is 0 Å². The Labute approximate surface area is 51.6 Å². The fraction of sp³-hybridized carbons (Fsp3) is 0. The third-order valence-electron chi connectivity index (χ3n) is 0. The summed E-state index contributed by atoms with van der Waals surface area (Å²) in [5.74, 6) is 0. The van der Waals surface area contributed by atoms with Crippen LogP contribution in [0.1, 0.15) is 0 Å². The molecular formula is H12Al2O3. The fourth-order valence-corrected chi connectivity index (χ4v) is 0. The lowest BCUT2D eigenvalue weighted by Gasteiger charge is -0.413. The summed E-state index contributed by atoms with van der Waals surface area (Å²) in [4.78, 5) is 0. The summed E-state index contributed by atoms with van der Waals surface area (Å²) in [6, 6.07) is 0. The SMILES string of the molecule is O.O.O.[AlH3].[AlH3]. The maximum Gasteiger partial charge on any atom is 0.187 e. The number of rotatable bonds is 0. The first-order valence-corrected chi connectivity index (χ1v) is 0. The molecule has 36 valence electrons. The first-order chi connectivity index (χ1) is 0. The van der Waals surface area contributed by atoms with E-state index in [1.807, 2.05) is 0 Å². The Kier molecular flexibility index (Phi) is 2810. The molecule has 5 heteroatoms. The van der Waals surface area contributed by atoms with Gasteiger partial charge < -0.3 is 16.4 Å². The molecule has 3 nitrogen and oxygen atoms in total. The summed E-state index contributed by atoms with van der Waals surface area (Å²) in [5, 5.41) is 0. The van der Waals surface area contributed by atoms with E-state index in [4.69, 9.17) is 0 Å². The van der Waals surface area contributed by atoms with Crippen molar-refractivity contribution < 1.29 is 16.4 Å². The summed E-state index contributed by atoms with van der Waals surface area (Å²) >= 11 is 0. The molecule has 0 atom stereocenters. The Hall–Kier alpha value is 0.945. The van der Waals surface area contributed by atoms with Crippen molar-refractivity contribution in [3.8, 4) is 0 Å². The molecule has 0 aliphatic rings. The minimum atomic E-state index is 0. The normalized spacial score (nSPS) is 0. The van der Waals surface area contributed by atoms with Crippen LogP contribution in [0.15, 0.2) is 0 Å². The average Bonchev–Trinajstić information content (AvgIpc) is 0. The third kappa shape index (κ3) is 48.0. The van der Waals surface area contributed by atoms with E-state index in [0.717, 1.165) is 0 Å². The van der Waals surface area contributed by atoms with Gasteiger partial charge in [-0.3, -0.25) is 0 Å². The second-order valence-electron chi connectivity index (χ2n) is 0. The molecule has 0 aliphatic heterocycles. The second-order valence-corrected chi connectivity index (χ2v) is 0. The van der Waals surface area contributed by atoms with Crippen molar-refractivity contribution in [2.24, 2.45) is 0 Å². The van der Waals surface area contributed by atoms with E-state index in [1.54, 1.807) is 0 Å². The van der Waals surface area contributed by atoms with Gasteiger partial charge in [0.2, 0.25) is 0 Å². The standard InChI is InChI=1S/2Al.3H2O.6H/h;;3*1H2;;;;;;. The van der Waals surface area contributed by atoms with Crippen molar-refractivity contribution in [1.82, 2.24) is 0 Å². The Balaban J connectivity index is 0. The van der Waals surface area contributed by atoms with Crippen LogP contribution >= 0.6 is 0 Å². The van der Waals surface area contributed by atoms with E-state index in [2.05, 4.69) is 0 Å². The molecule has 0 unspecified atom stereocenters. The maximum absolute atomic E-state index is 0. The largest absolute Gasteiger partial charge is 0.412 e. The van der Waals surface area contributed by atoms with E-state index in [0.29, 0.717) is 0 Å². The molecule has 0 fully saturated rings. The smallest absolute Gasteiger partial charge is 0.187 e. The molecule has 6 N–H and O–H groups in total. The van der Waals surface area contributed by atoms with Gasteiger partial charge in [-0.1, -0.05) is 0 Å².